The van der Waals surface area contributed by atoms with Crippen molar-refractivity contribution in [2.75, 3.05) is 0 Å². The number of imidazole rings is 1. The fraction of sp³-hybridized carbons (Fsp3) is 0.105. The number of para-hydroxylation sites is 3. The van der Waals surface area contributed by atoms with Crippen LogP contribution in [-0.2, 0) is 0 Å². The maximum Gasteiger partial charge on any atom is 0.145 e. The Balaban J connectivity index is 2.24. The van der Waals surface area contributed by atoms with Crippen molar-refractivity contribution >= 4 is 16.6 Å². The molecule has 0 fully saturated rings. The van der Waals surface area contributed by atoms with Crippen LogP contribution >= 0.6 is 0 Å². The number of fused-ring (bicyclic) bond motifs is 1. The summed E-state index contributed by atoms with van der Waals surface area (Å²) >= 11 is 0. The van der Waals surface area contributed by atoms with Crippen LogP contribution in [0.2, 0.25) is 0 Å². The predicted molar refractivity (Wildman–Crippen MR) is 89.5 cm³/mol. The van der Waals surface area contributed by atoms with Crippen molar-refractivity contribution in [1.29, 1.82) is 0 Å². The standard InChI is InChI=1S/C19H18N2/c1-3-4-10-15(2)19-20-17-13-8-9-14-18(17)21(19)16-11-6-5-7-12-16/h4-14H,2-3H2,1H3/b10-4+. The van der Waals surface area contributed by atoms with Crippen LogP contribution in [0.4, 0.5) is 0 Å². The summed E-state index contributed by atoms with van der Waals surface area (Å²) in [7, 11) is 0. The summed E-state index contributed by atoms with van der Waals surface area (Å²) in [6, 6.07) is 18.5. The SMILES string of the molecule is C=C(/C=C/CC)c1nc2ccccc2n1-c1ccccc1. The molecule has 0 aliphatic rings. The average Bonchev–Trinajstić information content (AvgIpc) is 2.93. The minimum Gasteiger partial charge on any atom is -0.292 e. The molecule has 1 heterocycles. The van der Waals surface area contributed by atoms with Crippen LogP contribution in [0.1, 0.15) is 19.2 Å². The molecule has 21 heavy (non-hydrogen) atoms. The highest BCUT2D eigenvalue weighted by atomic mass is 15.1. The van der Waals surface area contributed by atoms with Crippen LogP contribution in [0.25, 0.3) is 22.3 Å². The van der Waals surface area contributed by atoms with Gasteiger partial charge in [0, 0.05) is 11.3 Å². The summed E-state index contributed by atoms with van der Waals surface area (Å²) in [5, 5.41) is 0. The van der Waals surface area contributed by atoms with Gasteiger partial charge in [0.2, 0.25) is 0 Å². The van der Waals surface area contributed by atoms with E-state index in [9.17, 15) is 0 Å². The Morgan fingerprint density at radius 1 is 1.10 bits per heavy atom. The number of nitrogens with zero attached hydrogens (tertiary/aromatic N) is 2. The summed E-state index contributed by atoms with van der Waals surface area (Å²) in [6.07, 6.45) is 5.14. The Morgan fingerprint density at radius 2 is 1.81 bits per heavy atom. The number of aromatic nitrogens is 2. The van der Waals surface area contributed by atoms with Crippen LogP contribution in [0.15, 0.2) is 73.3 Å². The van der Waals surface area contributed by atoms with E-state index in [0.29, 0.717) is 0 Å². The van der Waals surface area contributed by atoms with Gasteiger partial charge < -0.3 is 0 Å². The monoisotopic (exact) mass is 274 g/mol. The van der Waals surface area contributed by atoms with Gasteiger partial charge in [-0.1, -0.05) is 56.0 Å². The second-order valence-corrected chi connectivity index (χ2v) is 4.93. The highest BCUT2D eigenvalue weighted by Gasteiger charge is 2.12. The van der Waals surface area contributed by atoms with E-state index in [1.54, 1.807) is 0 Å². The number of allylic oxidation sites excluding steroid dienone is 3. The molecule has 0 aliphatic carbocycles. The molecule has 2 aromatic carbocycles. The lowest BCUT2D eigenvalue weighted by Crippen LogP contribution is -1.99. The van der Waals surface area contributed by atoms with Crippen molar-refractivity contribution in [1.82, 2.24) is 9.55 Å². The fourth-order valence-corrected chi connectivity index (χ4v) is 2.41. The van der Waals surface area contributed by atoms with Gasteiger partial charge in [-0.05, 0) is 30.7 Å². The zero-order valence-electron chi connectivity index (χ0n) is 12.2. The molecule has 104 valence electrons. The first-order chi connectivity index (χ1) is 10.3. The zero-order valence-corrected chi connectivity index (χ0v) is 12.2. The minimum absolute atomic E-state index is 0.895. The van der Waals surface area contributed by atoms with E-state index < -0.39 is 0 Å². The summed E-state index contributed by atoms with van der Waals surface area (Å²) in [5.41, 5.74) is 4.12. The van der Waals surface area contributed by atoms with E-state index in [4.69, 9.17) is 4.98 Å². The van der Waals surface area contributed by atoms with Crippen molar-refractivity contribution < 1.29 is 0 Å². The number of rotatable bonds is 4. The van der Waals surface area contributed by atoms with Gasteiger partial charge in [-0.2, -0.15) is 0 Å². The van der Waals surface area contributed by atoms with Crippen molar-refractivity contribution in [2.24, 2.45) is 0 Å². The molecule has 0 amide bonds. The normalized spacial score (nSPS) is 11.3. The van der Waals surface area contributed by atoms with Gasteiger partial charge >= 0.3 is 0 Å². The van der Waals surface area contributed by atoms with E-state index in [-0.39, 0.29) is 0 Å². The van der Waals surface area contributed by atoms with Gasteiger partial charge in [0.1, 0.15) is 5.82 Å². The molecule has 2 heteroatoms. The topological polar surface area (TPSA) is 17.8 Å². The second kappa shape index (κ2) is 5.80. The Kier molecular flexibility index (Phi) is 3.69. The van der Waals surface area contributed by atoms with E-state index in [2.05, 4.69) is 42.3 Å². The maximum absolute atomic E-state index is 4.75. The van der Waals surface area contributed by atoms with E-state index >= 15 is 0 Å². The third kappa shape index (κ3) is 2.52. The van der Waals surface area contributed by atoms with Gasteiger partial charge in [0.25, 0.3) is 0 Å². The lowest BCUT2D eigenvalue weighted by Gasteiger charge is -2.09. The molecule has 2 nitrogen and oxygen atoms in total. The molecule has 3 aromatic rings. The average molecular weight is 274 g/mol. The maximum atomic E-state index is 4.75. The number of hydrogen-bond donors (Lipinski definition) is 0. The molecule has 0 saturated heterocycles. The minimum atomic E-state index is 0.895. The van der Waals surface area contributed by atoms with Crippen LogP contribution in [0, 0.1) is 0 Å². The molecule has 0 bridgehead atoms. The third-order valence-corrected chi connectivity index (χ3v) is 3.42. The van der Waals surface area contributed by atoms with Crippen molar-refractivity contribution in [3.05, 3.63) is 79.2 Å². The smallest absolute Gasteiger partial charge is 0.145 e. The Morgan fingerprint density at radius 3 is 2.57 bits per heavy atom. The second-order valence-electron chi connectivity index (χ2n) is 4.93. The molecule has 0 saturated carbocycles. The summed E-state index contributed by atoms with van der Waals surface area (Å²) in [6.45, 7) is 6.29. The Labute approximate surface area is 125 Å². The summed E-state index contributed by atoms with van der Waals surface area (Å²) in [5.74, 6) is 0.895. The van der Waals surface area contributed by atoms with Crippen molar-refractivity contribution in [3.63, 3.8) is 0 Å². The first-order valence-electron chi connectivity index (χ1n) is 7.20. The van der Waals surface area contributed by atoms with E-state index in [1.807, 2.05) is 42.5 Å². The van der Waals surface area contributed by atoms with Crippen LogP contribution in [0.3, 0.4) is 0 Å². The molecule has 0 spiro atoms. The quantitative estimate of drug-likeness (QED) is 0.612. The zero-order chi connectivity index (χ0) is 14.7. The molecule has 0 atom stereocenters. The lowest BCUT2D eigenvalue weighted by molar-refractivity contribution is 1.06. The number of hydrogen-bond acceptors (Lipinski definition) is 1. The molecule has 3 rings (SSSR count). The van der Waals surface area contributed by atoms with Crippen molar-refractivity contribution in [2.45, 2.75) is 13.3 Å². The Bertz CT molecular complexity index is 795. The molecule has 0 radical (unpaired) electrons. The van der Waals surface area contributed by atoms with Gasteiger partial charge in [-0.15, -0.1) is 0 Å². The van der Waals surface area contributed by atoms with Gasteiger partial charge in [0.05, 0.1) is 11.0 Å². The first kappa shape index (κ1) is 13.4. The predicted octanol–water partition coefficient (Wildman–Crippen LogP) is 5.00. The highest BCUT2D eigenvalue weighted by molar-refractivity contribution is 5.83. The number of benzene rings is 2. The molecule has 0 unspecified atom stereocenters. The Hall–Kier alpha value is -2.61. The van der Waals surface area contributed by atoms with E-state index in [1.165, 1.54) is 0 Å². The lowest BCUT2D eigenvalue weighted by atomic mass is 10.2. The highest BCUT2D eigenvalue weighted by Crippen LogP contribution is 2.25. The van der Waals surface area contributed by atoms with Crippen LogP contribution in [-0.4, -0.2) is 9.55 Å². The largest absolute Gasteiger partial charge is 0.292 e. The van der Waals surface area contributed by atoms with Gasteiger partial charge in [-0.25, -0.2) is 4.98 Å². The summed E-state index contributed by atoms with van der Waals surface area (Å²) < 4.78 is 2.16. The molecular formula is C19H18N2. The first-order valence-corrected chi connectivity index (χ1v) is 7.20. The van der Waals surface area contributed by atoms with E-state index in [0.717, 1.165) is 34.5 Å². The molecule has 0 aliphatic heterocycles. The van der Waals surface area contributed by atoms with Gasteiger partial charge in [-0.3, -0.25) is 4.57 Å². The molecular weight excluding hydrogens is 256 g/mol. The molecule has 0 N–H and O–H groups in total. The summed E-state index contributed by atoms with van der Waals surface area (Å²) in [4.78, 5) is 4.75. The molecule has 1 aromatic heterocycles. The van der Waals surface area contributed by atoms with Crippen LogP contribution < -0.4 is 0 Å². The van der Waals surface area contributed by atoms with Crippen LogP contribution in [0.5, 0.6) is 0 Å². The fourth-order valence-electron chi connectivity index (χ4n) is 2.41. The third-order valence-electron chi connectivity index (χ3n) is 3.42. The van der Waals surface area contributed by atoms with Crippen molar-refractivity contribution in [3.8, 4) is 5.69 Å². The van der Waals surface area contributed by atoms with Gasteiger partial charge in [0.15, 0.2) is 0 Å².